The molecular weight excluding hydrogens is 292 g/mol. The lowest BCUT2D eigenvalue weighted by atomic mass is 9.96. The number of primary amides is 1. The molecule has 0 spiro atoms. The molecule has 1 atom stereocenters. The molecule has 1 unspecified atom stereocenters. The molecule has 23 heavy (non-hydrogen) atoms. The molecule has 116 valence electrons. The molecule has 0 saturated carbocycles. The topological polar surface area (TPSA) is 80.5 Å². The first kappa shape index (κ1) is 15.0. The molecule has 0 aliphatic carbocycles. The number of nitrogens with zero attached hydrogens (tertiary/aromatic N) is 1. The molecule has 1 heterocycles. The minimum atomic E-state index is -0.938. The fraction of sp³-hybridized carbons (Fsp3) is 0.167. The highest BCUT2D eigenvalue weighted by atomic mass is 16.2. The van der Waals surface area contributed by atoms with E-state index in [2.05, 4.69) is 0 Å². The predicted octanol–water partition coefficient (Wildman–Crippen LogP) is 2.00. The first-order chi connectivity index (χ1) is 11.0. The van der Waals surface area contributed by atoms with Gasteiger partial charge in [-0.1, -0.05) is 37.3 Å². The van der Waals surface area contributed by atoms with Crippen molar-refractivity contribution in [1.29, 1.82) is 0 Å². The van der Waals surface area contributed by atoms with Gasteiger partial charge in [-0.05, 0) is 29.3 Å². The van der Waals surface area contributed by atoms with Crippen LogP contribution < -0.4 is 10.6 Å². The maximum atomic E-state index is 12.4. The van der Waals surface area contributed by atoms with Crippen LogP contribution in [-0.2, 0) is 16.1 Å². The van der Waals surface area contributed by atoms with Gasteiger partial charge in [-0.3, -0.25) is 14.4 Å². The molecule has 1 aliphatic rings. The van der Waals surface area contributed by atoms with Crippen molar-refractivity contribution in [2.45, 2.75) is 19.4 Å². The Morgan fingerprint density at radius 3 is 2.35 bits per heavy atom. The fourth-order valence-electron chi connectivity index (χ4n) is 2.77. The summed E-state index contributed by atoms with van der Waals surface area (Å²) in [4.78, 5) is 36.7. The lowest BCUT2D eigenvalue weighted by molar-refractivity contribution is -0.136. The van der Waals surface area contributed by atoms with Crippen molar-refractivity contribution in [3.8, 4) is 0 Å². The van der Waals surface area contributed by atoms with E-state index >= 15 is 0 Å². The number of rotatable bonds is 4. The maximum absolute atomic E-state index is 12.4. The number of carbonyl (C=O) groups is 3. The Morgan fingerprint density at radius 1 is 1.09 bits per heavy atom. The summed E-state index contributed by atoms with van der Waals surface area (Å²) in [7, 11) is 0. The molecule has 0 saturated heterocycles. The van der Waals surface area contributed by atoms with Gasteiger partial charge in [0.15, 0.2) is 0 Å². The van der Waals surface area contributed by atoms with Gasteiger partial charge in [-0.2, -0.15) is 0 Å². The summed E-state index contributed by atoms with van der Waals surface area (Å²) in [5.41, 5.74) is 8.20. The summed E-state index contributed by atoms with van der Waals surface area (Å²) < 4.78 is 0. The van der Waals surface area contributed by atoms with E-state index in [1.54, 1.807) is 36.1 Å². The largest absolute Gasteiger partial charge is 0.363 e. The third kappa shape index (κ3) is 2.61. The van der Waals surface area contributed by atoms with E-state index in [9.17, 15) is 14.4 Å². The number of hydrogen-bond acceptors (Lipinski definition) is 3. The highest BCUT2D eigenvalue weighted by molar-refractivity contribution is 6.37. The second-order valence-corrected chi connectivity index (χ2v) is 5.59. The Kier molecular flexibility index (Phi) is 3.70. The number of ketones is 1. The number of anilines is 1. The van der Waals surface area contributed by atoms with Gasteiger partial charge in [-0.25, -0.2) is 0 Å². The average molecular weight is 308 g/mol. The van der Waals surface area contributed by atoms with Crippen LogP contribution in [0.2, 0.25) is 0 Å². The van der Waals surface area contributed by atoms with Gasteiger partial charge in [0.05, 0.1) is 6.54 Å². The van der Waals surface area contributed by atoms with Gasteiger partial charge in [0.1, 0.15) is 0 Å². The molecule has 1 aliphatic heterocycles. The van der Waals surface area contributed by atoms with Crippen molar-refractivity contribution >= 4 is 23.3 Å². The van der Waals surface area contributed by atoms with Crippen LogP contribution in [0.5, 0.6) is 0 Å². The zero-order valence-corrected chi connectivity index (χ0v) is 12.7. The van der Waals surface area contributed by atoms with E-state index in [1.807, 2.05) is 24.3 Å². The maximum Gasteiger partial charge on any atom is 0.285 e. The van der Waals surface area contributed by atoms with E-state index in [0.29, 0.717) is 17.7 Å². The van der Waals surface area contributed by atoms with Crippen LogP contribution in [0.25, 0.3) is 0 Å². The minimum absolute atomic E-state index is 0.0328. The third-order valence-corrected chi connectivity index (χ3v) is 4.16. The summed E-state index contributed by atoms with van der Waals surface area (Å²) in [6, 6.07) is 14.6. The number of amides is 2. The number of carbonyl (C=O) groups excluding carboxylic acids is 3. The minimum Gasteiger partial charge on any atom is -0.363 e. The van der Waals surface area contributed by atoms with Crippen LogP contribution in [0, 0.1) is 0 Å². The monoisotopic (exact) mass is 308 g/mol. The molecule has 2 aromatic carbocycles. The number of hydrogen-bond donors (Lipinski definition) is 1. The Bertz CT molecular complexity index is 796. The summed E-state index contributed by atoms with van der Waals surface area (Å²) >= 11 is 0. The molecule has 0 radical (unpaired) electrons. The van der Waals surface area contributed by atoms with Gasteiger partial charge in [0, 0.05) is 17.2 Å². The van der Waals surface area contributed by atoms with Gasteiger partial charge < -0.3 is 10.6 Å². The quantitative estimate of drug-likeness (QED) is 0.877. The van der Waals surface area contributed by atoms with E-state index in [-0.39, 0.29) is 5.91 Å². The SMILES string of the molecule is CC(C(=O)C(N)=O)c1ccc(N2Cc3ccccc3C2=O)cc1. The summed E-state index contributed by atoms with van der Waals surface area (Å²) in [6.07, 6.45) is 0. The van der Waals surface area contributed by atoms with Crippen molar-refractivity contribution in [2.24, 2.45) is 5.73 Å². The molecule has 3 rings (SSSR count). The molecule has 0 fully saturated rings. The Balaban J connectivity index is 1.83. The fourth-order valence-corrected chi connectivity index (χ4v) is 2.77. The molecule has 2 amide bonds. The van der Waals surface area contributed by atoms with Gasteiger partial charge >= 0.3 is 0 Å². The Hall–Kier alpha value is -2.95. The van der Waals surface area contributed by atoms with E-state index < -0.39 is 17.6 Å². The van der Waals surface area contributed by atoms with Crippen LogP contribution in [0.1, 0.15) is 34.3 Å². The molecule has 5 nitrogen and oxygen atoms in total. The van der Waals surface area contributed by atoms with Crippen LogP contribution >= 0.6 is 0 Å². The summed E-state index contributed by atoms with van der Waals surface area (Å²) in [5, 5.41) is 0. The second-order valence-electron chi connectivity index (χ2n) is 5.59. The molecule has 2 N–H and O–H groups in total. The molecule has 5 heteroatoms. The standard InChI is InChI=1S/C18H16N2O3/c1-11(16(21)17(19)22)12-6-8-14(9-7-12)20-10-13-4-2-3-5-15(13)18(20)23/h2-9,11H,10H2,1H3,(H2,19,22). The van der Waals surface area contributed by atoms with Crippen LogP contribution in [0.3, 0.4) is 0 Å². The zero-order valence-electron chi connectivity index (χ0n) is 12.7. The highest BCUT2D eigenvalue weighted by Crippen LogP contribution is 2.29. The molecular formula is C18H16N2O3. The van der Waals surface area contributed by atoms with Crippen molar-refractivity contribution in [1.82, 2.24) is 0 Å². The van der Waals surface area contributed by atoms with Crippen LogP contribution in [0.15, 0.2) is 48.5 Å². The highest BCUT2D eigenvalue weighted by Gasteiger charge is 2.28. The average Bonchev–Trinajstić information content (AvgIpc) is 2.91. The van der Waals surface area contributed by atoms with Crippen LogP contribution in [0.4, 0.5) is 5.69 Å². The van der Waals surface area contributed by atoms with E-state index in [1.165, 1.54) is 0 Å². The number of fused-ring (bicyclic) bond motifs is 1. The third-order valence-electron chi connectivity index (χ3n) is 4.16. The molecule has 0 bridgehead atoms. The number of nitrogens with two attached hydrogens (primary N) is 1. The molecule has 2 aromatic rings. The first-order valence-corrected chi connectivity index (χ1v) is 7.32. The second kappa shape index (κ2) is 5.68. The normalized spacial score (nSPS) is 14.5. The van der Waals surface area contributed by atoms with Crippen molar-refractivity contribution in [3.05, 3.63) is 65.2 Å². The van der Waals surface area contributed by atoms with Gasteiger partial charge in [0.2, 0.25) is 5.78 Å². The van der Waals surface area contributed by atoms with Crippen molar-refractivity contribution in [2.75, 3.05) is 4.90 Å². The lowest BCUT2D eigenvalue weighted by Crippen LogP contribution is -2.27. The summed E-state index contributed by atoms with van der Waals surface area (Å²) in [5.74, 6) is -2.18. The van der Waals surface area contributed by atoms with Crippen molar-refractivity contribution in [3.63, 3.8) is 0 Å². The van der Waals surface area contributed by atoms with E-state index in [4.69, 9.17) is 5.73 Å². The number of benzene rings is 2. The first-order valence-electron chi connectivity index (χ1n) is 7.32. The zero-order chi connectivity index (χ0) is 16.6. The van der Waals surface area contributed by atoms with Crippen molar-refractivity contribution < 1.29 is 14.4 Å². The van der Waals surface area contributed by atoms with Crippen LogP contribution in [-0.4, -0.2) is 17.6 Å². The summed E-state index contributed by atoms with van der Waals surface area (Å²) in [6.45, 7) is 2.17. The number of Topliss-reactive ketones (excluding diaryl/α,β-unsaturated/α-hetero) is 1. The Morgan fingerprint density at radius 2 is 1.74 bits per heavy atom. The van der Waals surface area contributed by atoms with Gasteiger partial charge in [-0.15, -0.1) is 0 Å². The lowest BCUT2D eigenvalue weighted by Gasteiger charge is -2.17. The molecule has 0 aromatic heterocycles. The van der Waals surface area contributed by atoms with Gasteiger partial charge in [0.25, 0.3) is 11.8 Å². The smallest absolute Gasteiger partial charge is 0.285 e. The Labute approximate surface area is 133 Å². The van der Waals surface area contributed by atoms with E-state index in [0.717, 1.165) is 11.3 Å². The predicted molar refractivity (Wildman–Crippen MR) is 86.0 cm³/mol.